The van der Waals surface area contributed by atoms with Crippen molar-refractivity contribution in [2.75, 3.05) is 18.8 Å². The van der Waals surface area contributed by atoms with Gasteiger partial charge in [0.25, 0.3) is 17.4 Å². The lowest BCUT2D eigenvalue weighted by Gasteiger charge is -2.51. The van der Waals surface area contributed by atoms with Crippen LogP contribution < -0.4 is 31.5 Å². The summed E-state index contributed by atoms with van der Waals surface area (Å²) in [5.74, 6) is -3.02. The molecule has 2 aromatic heterocycles. The second-order valence-corrected chi connectivity index (χ2v) is 15.4. The fraction of sp³-hybridized carbons (Fsp3) is 0.467. The first-order valence-corrected chi connectivity index (χ1v) is 17.9. The molecule has 0 saturated carbocycles. The largest absolute Gasteiger partial charge is 0.724 e. The average Bonchev–Trinajstić information content (AvgIpc) is 3.64. The predicted molar refractivity (Wildman–Crippen MR) is 177 cm³/mol. The number of hydroxylamine groups is 2. The molecular weight excluding hydrogens is 711 g/mol. The van der Waals surface area contributed by atoms with Gasteiger partial charge in [0.1, 0.15) is 17.5 Å². The maximum absolute atomic E-state index is 13.5. The third-order valence-corrected chi connectivity index (χ3v) is 10.3. The van der Waals surface area contributed by atoms with Crippen LogP contribution in [0.3, 0.4) is 0 Å². The van der Waals surface area contributed by atoms with Crippen molar-refractivity contribution in [2.24, 2.45) is 17.9 Å². The Bertz CT molecular complexity index is 2040. The third-order valence-electron chi connectivity index (χ3n) is 9.25. The van der Waals surface area contributed by atoms with E-state index in [-0.39, 0.29) is 22.8 Å². The molecule has 3 aromatic rings. The number of benzene rings is 1. The molecule has 3 aliphatic heterocycles. The van der Waals surface area contributed by atoms with Gasteiger partial charge in [-0.25, -0.2) is 18.2 Å². The number of thiazole rings is 1. The van der Waals surface area contributed by atoms with Crippen molar-refractivity contribution in [3.63, 3.8) is 0 Å². The number of anilines is 1. The van der Waals surface area contributed by atoms with Gasteiger partial charge in [-0.05, 0) is 56.9 Å². The first-order chi connectivity index (χ1) is 23.8. The summed E-state index contributed by atoms with van der Waals surface area (Å²) in [6.07, 6.45) is 3.65. The van der Waals surface area contributed by atoms with Crippen molar-refractivity contribution in [3.8, 4) is 16.9 Å². The molecule has 5 heterocycles. The van der Waals surface area contributed by atoms with Gasteiger partial charge < -0.3 is 41.3 Å². The number of oxime groups is 1. The van der Waals surface area contributed by atoms with Gasteiger partial charge in [-0.1, -0.05) is 11.2 Å². The fourth-order valence-electron chi connectivity index (χ4n) is 6.10. The van der Waals surface area contributed by atoms with Gasteiger partial charge in [-0.3, -0.25) is 9.59 Å². The molecule has 21 heteroatoms. The number of carbonyl (C=O) groups is 3. The van der Waals surface area contributed by atoms with E-state index in [0.29, 0.717) is 23.8 Å². The molecule has 2 saturated heterocycles. The predicted octanol–water partition coefficient (Wildman–Crippen LogP) is -1.23. The molecule has 274 valence electrons. The summed E-state index contributed by atoms with van der Waals surface area (Å²) >= 11 is 0.965. The van der Waals surface area contributed by atoms with Crippen LogP contribution >= 0.6 is 11.3 Å². The van der Waals surface area contributed by atoms with Crippen LogP contribution in [0.5, 0.6) is 5.75 Å². The molecule has 0 bridgehead atoms. The minimum absolute atomic E-state index is 0.0580. The van der Waals surface area contributed by atoms with E-state index in [4.69, 9.17) is 21.0 Å². The molecule has 2 amide bonds. The minimum Gasteiger partial charge on any atom is -0.724 e. The first-order valence-electron chi connectivity index (χ1n) is 15.7. The quantitative estimate of drug-likeness (QED) is 0.0363. The maximum Gasteiger partial charge on any atom is 0.354 e. The van der Waals surface area contributed by atoms with Gasteiger partial charge in [0.15, 0.2) is 24.0 Å². The fourth-order valence-corrected chi connectivity index (χ4v) is 7.09. The Morgan fingerprint density at radius 2 is 2.06 bits per heavy atom. The summed E-state index contributed by atoms with van der Waals surface area (Å²) in [5, 5.41) is 21.6. The standard InChI is InChI=1S/C30H37N9O10S2/c1-28(2)23(25(41)39(28)49-51(44,45)46)35-24(40)22(19-12-50-27(31)34-19)36-48-29(3,26(42)43)21-8-6-17-9-16(5-7-20(17)47-21)18-10-37(4)38(11-18)15-30(32)13-33-14-30/h5,7,9-12,21,23,33H,6,8,13-15,32H2,1-4H3,(H4-,31,34,35,40,42,43,44,45,46)/b36-22-. The molecule has 0 spiro atoms. The van der Waals surface area contributed by atoms with E-state index in [1.54, 1.807) is 6.07 Å². The van der Waals surface area contributed by atoms with Crippen molar-refractivity contribution >= 4 is 50.4 Å². The number of amides is 2. The number of β-lactam (4-membered cyclic amide) rings is 1. The lowest BCUT2D eigenvalue weighted by molar-refractivity contribution is -0.754. The number of hydrogen-bond donors (Lipinski definition) is 5. The number of fused-ring (bicyclic) bond motifs is 1. The number of nitrogen functional groups attached to an aromatic ring is 1. The molecule has 2 fully saturated rings. The summed E-state index contributed by atoms with van der Waals surface area (Å²) in [4.78, 5) is 48.5. The highest BCUT2D eigenvalue weighted by Gasteiger charge is 2.58. The molecule has 3 unspecified atom stereocenters. The van der Waals surface area contributed by atoms with Crippen LogP contribution in [0, 0.1) is 0 Å². The van der Waals surface area contributed by atoms with E-state index in [9.17, 15) is 32.5 Å². The topological polar surface area (TPSA) is 270 Å². The summed E-state index contributed by atoms with van der Waals surface area (Å²) in [6, 6.07) is 4.26. The van der Waals surface area contributed by atoms with Crippen LogP contribution in [0.4, 0.5) is 5.13 Å². The SMILES string of the molecule is C[n+]1cc(-c2ccc3c(c2)CCC(C(C)(O/N=C(\C(=O)NC2C(=O)N(OS(=O)(=O)[O-])C2(C)C)c2csc(N)n2)C(=O)O)O3)cn1CC1(N)CNC1. The van der Waals surface area contributed by atoms with Crippen molar-refractivity contribution in [3.05, 3.63) is 47.2 Å². The molecule has 19 nitrogen and oxygen atoms in total. The van der Waals surface area contributed by atoms with E-state index < -0.39 is 57.2 Å². The molecular formula is C30H37N9O10S2. The number of aromatic nitrogens is 3. The Hall–Kier alpha value is -4.67. The molecule has 0 aliphatic carbocycles. The zero-order valence-electron chi connectivity index (χ0n) is 28.0. The molecule has 6 rings (SSSR count). The number of carbonyl (C=O) groups excluding carboxylic acids is 2. The Balaban J connectivity index is 1.20. The van der Waals surface area contributed by atoms with Crippen molar-refractivity contribution in [2.45, 2.75) is 69.0 Å². The second kappa shape index (κ2) is 12.8. The highest BCUT2D eigenvalue weighted by atomic mass is 32.3. The van der Waals surface area contributed by atoms with Crippen LogP contribution in [0.15, 0.2) is 41.1 Å². The third kappa shape index (κ3) is 6.99. The number of nitrogens with two attached hydrogens (primary N) is 2. The van der Waals surface area contributed by atoms with Crippen LogP contribution in [0.25, 0.3) is 11.1 Å². The smallest absolute Gasteiger partial charge is 0.354 e. The van der Waals surface area contributed by atoms with Crippen molar-refractivity contribution in [1.29, 1.82) is 0 Å². The Morgan fingerprint density at radius 3 is 2.65 bits per heavy atom. The normalized spacial score (nSPS) is 22.1. The van der Waals surface area contributed by atoms with Crippen LogP contribution in [0.2, 0.25) is 0 Å². The lowest BCUT2D eigenvalue weighted by Crippen LogP contribution is -2.76. The van der Waals surface area contributed by atoms with Gasteiger partial charge in [0.2, 0.25) is 16.6 Å². The van der Waals surface area contributed by atoms with Crippen molar-refractivity contribution < 1.29 is 51.0 Å². The number of ether oxygens (including phenoxy) is 1. The van der Waals surface area contributed by atoms with Gasteiger partial charge in [0, 0.05) is 18.5 Å². The van der Waals surface area contributed by atoms with Crippen LogP contribution in [-0.2, 0) is 53.9 Å². The summed E-state index contributed by atoms with van der Waals surface area (Å²) in [5.41, 5.74) is 10.5. The van der Waals surface area contributed by atoms with E-state index in [1.807, 2.05) is 36.3 Å². The maximum atomic E-state index is 13.5. The molecule has 51 heavy (non-hydrogen) atoms. The molecule has 3 atom stereocenters. The lowest BCUT2D eigenvalue weighted by atomic mass is 9.84. The highest BCUT2D eigenvalue weighted by Crippen LogP contribution is 2.37. The second-order valence-electron chi connectivity index (χ2n) is 13.5. The van der Waals surface area contributed by atoms with Gasteiger partial charge in [0.05, 0.1) is 29.4 Å². The Morgan fingerprint density at radius 1 is 1.33 bits per heavy atom. The van der Waals surface area contributed by atoms with E-state index in [0.717, 1.165) is 41.1 Å². The summed E-state index contributed by atoms with van der Waals surface area (Å²) in [6.45, 7) is 6.09. The number of carboxylic acids is 1. The number of nitrogens with zero attached hydrogens (tertiary/aromatic N) is 5. The zero-order valence-corrected chi connectivity index (χ0v) is 29.6. The van der Waals surface area contributed by atoms with Crippen LogP contribution in [0.1, 0.15) is 38.4 Å². The summed E-state index contributed by atoms with van der Waals surface area (Å²) < 4.78 is 47.7. The average molecular weight is 748 g/mol. The molecule has 7 N–H and O–H groups in total. The summed E-state index contributed by atoms with van der Waals surface area (Å²) in [7, 11) is -3.33. The number of nitrogens with one attached hydrogen (secondary N) is 2. The number of carboxylic acid groups (broad SMARTS) is 1. The first kappa shape index (κ1) is 36.1. The number of rotatable bonds is 12. The highest BCUT2D eigenvalue weighted by molar-refractivity contribution is 7.80. The zero-order chi connectivity index (χ0) is 37.1. The molecule has 3 aliphatic rings. The number of aliphatic carboxylic acids is 1. The van der Waals surface area contributed by atoms with Gasteiger partial charge in [-0.2, -0.15) is 14.0 Å². The Labute approximate surface area is 296 Å². The minimum atomic E-state index is -5.28. The van der Waals surface area contributed by atoms with E-state index in [1.165, 1.54) is 26.2 Å². The Kier molecular flexibility index (Phi) is 9.09. The monoisotopic (exact) mass is 747 g/mol. The van der Waals surface area contributed by atoms with E-state index >= 15 is 0 Å². The van der Waals surface area contributed by atoms with Gasteiger partial charge >= 0.3 is 5.97 Å². The van der Waals surface area contributed by atoms with Crippen molar-refractivity contribution in [1.82, 2.24) is 25.4 Å². The van der Waals surface area contributed by atoms with Gasteiger partial charge in [-0.15, -0.1) is 16.0 Å². The number of hydrogen-bond acceptors (Lipinski definition) is 15. The number of aryl methyl sites for hydroxylation is 2. The molecule has 1 aromatic carbocycles. The van der Waals surface area contributed by atoms with Crippen LogP contribution in [-0.4, -0.2) is 98.2 Å². The molecule has 0 radical (unpaired) electrons. The van der Waals surface area contributed by atoms with E-state index in [2.05, 4.69) is 29.7 Å².